The minimum Gasteiger partial charge on any atom is -0.455 e. The number of benzene rings is 2. The van der Waals surface area contributed by atoms with Gasteiger partial charge in [0.15, 0.2) is 5.76 Å². The second-order valence-electron chi connectivity index (χ2n) is 6.81. The number of hydrogen-bond donors (Lipinski definition) is 0. The van der Waals surface area contributed by atoms with Crippen LogP contribution in [0.3, 0.4) is 0 Å². The van der Waals surface area contributed by atoms with Crippen molar-refractivity contribution in [2.75, 3.05) is 6.26 Å². The Morgan fingerprint density at radius 3 is 2.44 bits per heavy atom. The predicted octanol–water partition coefficient (Wildman–Crippen LogP) is 6.02. The van der Waals surface area contributed by atoms with Gasteiger partial charge in [-0.05, 0) is 60.7 Å². The predicted molar refractivity (Wildman–Crippen MR) is 99.8 cm³/mol. The van der Waals surface area contributed by atoms with Gasteiger partial charge in [0, 0.05) is 17.2 Å². The van der Waals surface area contributed by atoms with Crippen LogP contribution in [0.1, 0.15) is 43.6 Å². The van der Waals surface area contributed by atoms with Crippen LogP contribution in [0.4, 0.5) is 4.39 Å². The first-order valence-electron chi connectivity index (χ1n) is 8.79. The van der Waals surface area contributed by atoms with Crippen molar-refractivity contribution in [3.63, 3.8) is 0 Å². The molecule has 0 radical (unpaired) electrons. The summed E-state index contributed by atoms with van der Waals surface area (Å²) in [6, 6.07) is 12.4. The van der Waals surface area contributed by atoms with Crippen LogP contribution in [-0.2, 0) is 10.8 Å². The molecule has 0 spiro atoms. The minimum atomic E-state index is -1.19. The summed E-state index contributed by atoms with van der Waals surface area (Å²) in [4.78, 5) is 0.708. The van der Waals surface area contributed by atoms with Crippen molar-refractivity contribution >= 4 is 21.8 Å². The van der Waals surface area contributed by atoms with E-state index in [0.29, 0.717) is 16.6 Å². The van der Waals surface area contributed by atoms with Crippen LogP contribution in [0, 0.1) is 5.82 Å². The highest BCUT2D eigenvalue weighted by Crippen LogP contribution is 2.39. The summed E-state index contributed by atoms with van der Waals surface area (Å²) < 4.78 is 31.7. The normalized spacial score (nSPS) is 17.0. The third-order valence-electron chi connectivity index (χ3n) is 5.14. The molecule has 1 saturated carbocycles. The number of halogens is 1. The molecule has 25 heavy (non-hydrogen) atoms. The molecule has 1 atom stereocenters. The minimum absolute atomic E-state index is 0.293. The summed E-state index contributed by atoms with van der Waals surface area (Å²) in [7, 11) is -1.19. The van der Waals surface area contributed by atoms with Crippen molar-refractivity contribution in [3.8, 4) is 11.3 Å². The Bertz CT molecular complexity index is 921. The standard InChI is InChI=1S/C21H21FO2S/c1-25(23)21-18-13-16(14-5-3-2-4-6-14)9-12-19(18)24-20(21)15-7-10-17(22)11-8-15/h7-14H,2-6H2,1H3/t25-/m0/s1. The van der Waals surface area contributed by atoms with E-state index in [1.165, 1.54) is 49.8 Å². The highest BCUT2D eigenvalue weighted by Gasteiger charge is 2.22. The van der Waals surface area contributed by atoms with E-state index in [2.05, 4.69) is 12.1 Å². The van der Waals surface area contributed by atoms with Crippen molar-refractivity contribution in [1.82, 2.24) is 0 Å². The molecule has 0 unspecified atom stereocenters. The molecule has 1 aliphatic rings. The van der Waals surface area contributed by atoms with E-state index >= 15 is 0 Å². The summed E-state index contributed by atoms with van der Waals surface area (Å²) in [5.41, 5.74) is 2.80. The van der Waals surface area contributed by atoms with E-state index in [4.69, 9.17) is 4.42 Å². The number of rotatable bonds is 3. The molecule has 0 amide bonds. The third kappa shape index (κ3) is 3.15. The van der Waals surface area contributed by atoms with Crippen LogP contribution in [0.25, 0.3) is 22.3 Å². The van der Waals surface area contributed by atoms with Crippen LogP contribution in [0.5, 0.6) is 0 Å². The van der Waals surface area contributed by atoms with Crippen molar-refractivity contribution in [2.45, 2.75) is 42.9 Å². The Hall–Kier alpha value is -1.94. The van der Waals surface area contributed by atoms with Gasteiger partial charge in [0.1, 0.15) is 11.4 Å². The van der Waals surface area contributed by atoms with Crippen molar-refractivity contribution in [3.05, 3.63) is 53.8 Å². The summed E-state index contributed by atoms with van der Waals surface area (Å²) in [5, 5.41) is 0.920. The average molecular weight is 356 g/mol. The van der Waals surface area contributed by atoms with Gasteiger partial charge in [-0.2, -0.15) is 0 Å². The lowest BCUT2D eigenvalue weighted by atomic mass is 9.84. The smallest absolute Gasteiger partial charge is 0.151 e. The zero-order chi connectivity index (χ0) is 17.4. The molecule has 0 N–H and O–H groups in total. The summed E-state index contributed by atoms with van der Waals surface area (Å²) in [5.74, 6) is 0.871. The first-order chi connectivity index (χ1) is 12.1. The Labute approximate surface area is 149 Å². The molecule has 1 aliphatic carbocycles. The van der Waals surface area contributed by atoms with Crippen molar-refractivity contribution < 1.29 is 13.0 Å². The van der Waals surface area contributed by atoms with Gasteiger partial charge in [0.2, 0.25) is 0 Å². The lowest BCUT2D eigenvalue weighted by Gasteiger charge is -2.21. The van der Waals surface area contributed by atoms with Crippen molar-refractivity contribution in [2.24, 2.45) is 0 Å². The van der Waals surface area contributed by atoms with E-state index < -0.39 is 10.8 Å². The molecule has 1 fully saturated rings. The van der Waals surface area contributed by atoms with Gasteiger partial charge in [-0.25, -0.2) is 4.39 Å². The van der Waals surface area contributed by atoms with Gasteiger partial charge in [0.05, 0.1) is 15.7 Å². The highest BCUT2D eigenvalue weighted by molar-refractivity contribution is 7.84. The molecular formula is C21H21FO2S. The SMILES string of the molecule is C[S@](=O)c1c(-c2ccc(F)cc2)oc2ccc(C3CCCCC3)cc12. The van der Waals surface area contributed by atoms with E-state index in [-0.39, 0.29) is 5.82 Å². The fraction of sp³-hybridized carbons (Fsp3) is 0.333. The lowest BCUT2D eigenvalue weighted by Crippen LogP contribution is -2.04. The Morgan fingerprint density at radius 2 is 1.76 bits per heavy atom. The van der Waals surface area contributed by atoms with E-state index in [0.717, 1.165) is 16.5 Å². The first kappa shape index (κ1) is 16.5. The number of fused-ring (bicyclic) bond motifs is 1. The zero-order valence-electron chi connectivity index (χ0n) is 14.3. The van der Waals surface area contributed by atoms with Gasteiger partial charge >= 0.3 is 0 Å². The van der Waals surface area contributed by atoms with Gasteiger partial charge in [-0.1, -0.05) is 25.3 Å². The summed E-state index contributed by atoms with van der Waals surface area (Å²) in [6.07, 6.45) is 7.99. The molecule has 4 heteroatoms. The summed E-state index contributed by atoms with van der Waals surface area (Å²) >= 11 is 0. The van der Waals surface area contributed by atoms with E-state index in [9.17, 15) is 8.60 Å². The van der Waals surface area contributed by atoms with Gasteiger partial charge < -0.3 is 4.42 Å². The lowest BCUT2D eigenvalue weighted by molar-refractivity contribution is 0.444. The molecule has 2 aromatic carbocycles. The Kier molecular flexibility index (Phi) is 4.46. The molecule has 0 bridgehead atoms. The molecule has 3 aromatic rings. The Balaban J connectivity index is 1.85. The van der Waals surface area contributed by atoms with Crippen molar-refractivity contribution in [1.29, 1.82) is 0 Å². The molecule has 1 aromatic heterocycles. The van der Waals surface area contributed by atoms with Gasteiger partial charge in [-0.15, -0.1) is 0 Å². The molecule has 130 valence electrons. The second-order valence-corrected chi connectivity index (χ2v) is 8.13. The molecule has 4 rings (SSSR count). The molecule has 1 heterocycles. The Morgan fingerprint density at radius 1 is 1.04 bits per heavy atom. The molecule has 0 saturated heterocycles. The van der Waals surface area contributed by atoms with E-state index in [1.807, 2.05) is 6.07 Å². The highest BCUT2D eigenvalue weighted by atomic mass is 32.2. The first-order valence-corrected chi connectivity index (χ1v) is 10.3. The topological polar surface area (TPSA) is 30.2 Å². The van der Waals surface area contributed by atoms with E-state index in [1.54, 1.807) is 18.4 Å². The quantitative estimate of drug-likeness (QED) is 0.574. The van der Waals surface area contributed by atoms with Crippen LogP contribution in [0.2, 0.25) is 0 Å². The average Bonchev–Trinajstić information content (AvgIpc) is 3.02. The fourth-order valence-electron chi connectivity index (χ4n) is 3.86. The monoisotopic (exact) mass is 356 g/mol. The molecular weight excluding hydrogens is 335 g/mol. The molecule has 0 aliphatic heterocycles. The third-order valence-corrected chi connectivity index (χ3v) is 6.12. The largest absolute Gasteiger partial charge is 0.455 e. The maximum absolute atomic E-state index is 13.2. The second kappa shape index (κ2) is 6.75. The maximum Gasteiger partial charge on any atom is 0.151 e. The fourth-order valence-corrected chi connectivity index (χ4v) is 4.75. The maximum atomic E-state index is 13.2. The summed E-state index contributed by atoms with van der Waals surface area (Å²) in [6.45, 7) is 0. The van der Waals surface area contributed by atoms with Crippen LogP contribution >= 0.6 is 0 Å². The van der Waals surface area contributed by atoms with Crippen LogP contribution < -0.4 is 0 Å². The number of furan rings is 1. The van der Waals surface area contributed by atoms with Gasteiger partial charge in [-0.3, -0.25) is 4.21 Å². The van der Waals surface area contributed by atoms with Crippen LogP contribution in [0.15, 0.2) is 51.8 Å². The molecule has 2 nitrogen and oxygen atoms in total. The van der Waals surface area contributed by atoms with Crippen LogP contribution in [-0.4, -0.2) is 10.5 Å². The van der Waals surface area contributed by atoms with Gasteiger partial charge in [0.25, 0.3) is 0 Å². The zero-order valence-corrected chi connectivity index (χ0v) is 15.1. The number of hydrogen-bond acceptors (Lipinski definition) is 2.